The topological polar surface area (TPSA) is 64.6 Å². The molecule has 3 aliphatic heterocycles. The first-order chi connectivity index (χ1) is 17.0. The minimum absolute atomic E-state index is 0.00918. The van der Waals surface area contributed by atoms with Crippen molar-refractivity contribution in [3.8, 4) is 0 Å². The predicted molar refractivity (Wildman–Crippen MR) is 144 cm³/mol. The van der Waals surface area contributed by atoms with Crippen LogP contribution in [0.5, 0.6) is 0 Å². The summed E-state index contributed by atoms with van der Waals surface area (Å²) in [6, 6.07) is 8.24. The lowest BCUT2D eigenvalue weighted by Gasteiger charge is -2.59. The molecule has 1 saturated heterocycles. The summed E-state index contributed by atoms with van der Waals surface area (Å²) in [5.74, 6) is 1.35. The quantitative estimate of drug-likeness (QED) is 0.427. The Morgan fingerprint density at radius 2 is 1.94 bits per heavy atom. The molecule has 3 fully saturated rings. The highest BCUT2D eigenvalue weighted by Crippen LogP contribution is 2.65. The number of nitrogens with one attached hydrogen (secondary N) is 2. The Kier molecular flexibility index (Phi) is 5.18. The van der Waals surface area contributed by atoms with Crippen LogP contribution in [0.25, 0.3) is 0 Å². The molecule has 2 saturated carbocycles. The predicted octanol–water partition coefficient (Wildman–Crippen LogP) is 6.45. The molecule has 3 heterocycles. The third-order valence-corrected chi connectivity index (χ3v) is 11.0. The number of benzene rings is 1. The fourth-order valence-corrected chi connectivity index (χ4v) is 9.28. The van der Waals surface area contributed by atoms with Gasteiger partial charge in [-0.15, -0.1) is 0 Å². The minimum atomic E-state index is -0.374. The largest absolute Gasteiger partial charge is 0.493 e. The molecule has 6 rings (SSSR count). The Morgan fingerprint density at radius 3 is 2.69 bits per heavy atom. The summed E-state index contributed by atoms with van der Waals surface area (Å²) in [7, 11) is 0. The van der Waals surface area contributed by atoms with E-state index < -0.39 is 0 Å². The number of rotatable bonds is 3. The number of amides is 1. The van der Waals surface area contributed by atoms with E-state index in [-0.39, 0.29) is 40.7 Å². The zero-order valence-electron chi connectivity index (χ0n) is 22.7. The van der Waals surface area contributed by atoms with Crippen molar-refractivity contribution in [2.24, 2.45) is 28.6 Å². The molecule has 6 atom stereocenters. The molecule has 1 aromatic carbocycles. The number of fused-ring (bicyclic) bond motifs is 6. The van der Waals surface area contributed by atoms with Gasteiger partial charge >= 0.3 is 0 Å². The maximum atomic E-state index is 13.4. The summed E-state index contributed by atoms with van der Waals surface area (Å²) in [4.78, 5) is 15.4. The van der Waals surface area contributed by atoms with E-state index in [0.29, 0.717) is 29.4 Å². The zero-order valence-corrected chi connectivity index (χ0v) is 22.7. The highest BCUT2D eigenvalue weighted by atomic mass is 16.3. The summed E-state index contributed by atoms with van der Waals surface area (Å²) in [6.45, 7) is 16.2. The Balaban J connectivity index is 1.47. The maximum absolute atomic E-state index is 13.4. The molecular weight excluding hydrogens is 446 g/mol. The number of anilines is 1. The molecule has 1 aromatic rings. The molecule has 5 nitrogen and oxygen atoms in total. The van der Waals surface area contributed by atoms with E-state index in [1.54, 1.807) is 0 Å². The molecular formula is C31H43N3O2. The standard InChI is InChI=1S/C31H43N3O2/c1-18(2)25-27(36)34-23(26(35)33-25)17-31(20-10-7-8-11-22(20)32-28(31)34)16-21-19(3)12-13-24-29(4,5)14-9-15-30(21,24)6/h7-8,10-11,18,21,23-24,28,32,36H,3,9,12-17H2,1-2,4-6H3,(H,33,35)/t21-,23?,24-,28?,30+,31?/m0/s1. The molecule has 194 valence electrons. The van der Waals surface area contributed by atoms with Gasteiger partial charge in [0.05, 0.1) is 5.70 Å². The van der Waals surface area contributed by atoms with Crippen LogP contribution in [0.3, 0.4) is 0 Å². The first-order valence-corrected chi connectivity index (χ1v) is 14.1. The number of nitrogens with zero attached hydrogens (tertiary/aromatic N) is 1. The highest BCUT2D eigenvalue weighted by Gasteiger charge is 2.64. The smallest absolute Gasteiger partial charge is 0.247 e. The lowest BCUT2D eigenvalue weighted by Crippen LogP contribution is -2.54. The first-order valence-electron chi connectivity index (χ1n) is 14.1. The van der Waals surface area contributed by atoms with Crippen LogP contribution in [0.2, 0.25) is 0 Å². The second kappa shape index (κ2) is 7.79. The van der Waals surface area contributed by atoms with Crippen molar-refractivity contribution in [2.75, 3.05) is 5.32 Å². The van der Waals surface area contributed by atoms with Gasteiger partial charge in [-0.1, -0.05) is 71.4 Å². The normalized spacial score (nSPS) is 38.8. The molecule has 0 spiro atoms. The number of carbonyl (C=O) groups excluding carboxylic acids is 1. The maximum Gasteiger partial charge on any atom is 0.247 e. The number of allylic oxidation sites excluding steroid dienone is 2. The molecule has 5 heteroatoms. The van der Waals surface area contributed by atoms with E-state index in [4.69, 9.17) is 0 Å². The van der Waals surface area contributed by atoms with Gasteiger partial charge in [0.15, 0.2) is 0 Å². The van der Waals surface area contributed by atoms with Gasteiger partial charge in [-0.3, -0.25) is 4.79 Å². The molecule has 0 aromatic heterocycles. The van der Waals surface area contributed by atoms with E-state index >= 15 is 0 Å². The van der Waals surface area contributed by atoms with Gasteiger partial charge in [0.1, 0.15) is 12.2 Å². The van der Waals surface area contributed by atoms with Gasteiger partial charge in [0.25, 0.3) is 0 Å². The lowest BCUT2D eigenvalue weighted by atomic mass is 9.46. The van der Waals surface area contributed by atoms with Gasteiger partial charge in [0, 0.05) is 11.1 Å². The summed E-state index contributed by atoms with van der Waals surface area (Å²) in [5.41, 5.74) is 4.74. The third-order valence-electron chi connectivity index (χ3n) is 11.0. The number of para-hydroxylation sites is 1. The van der Waals surface area contributed by atoms with Gasteiger partial charge in [-0.05, 0) is 78.7 Å². The van der Waals surface area contributed by atoms with Crippen LogP contribution in [0.4, 0.5) is 5.69 Å². The Bertz CT molecular complexity index is 1150. The number of aliphatic hydroxyl groups is 1. The van der Waals surface area contributed by atoms with Crippen molar-refractivity contribution in [1.82, 2.24) is 10.2 Å². The van der Waals surface area contributed by atoms with Crippen LogP contribution in [-0.2, 0) is 10.2 Å². The Hall–Kier alpha value is -2.43. The van der Waals surface area contributed by atoms with Crippen LogP contribution in [0.15, 0.2) is 48.0 Å². The van der Waals surface area contributed by atoms with Crippen molar-refractivity contribution < 1.29 is 9.90 Å². The number of carbonyl (C=O) groups is 1. The molecule has 3 N–H and O–H groups in total. The molecule has 3 unspecified atom stereocenters. The van der Waals surface area contributed by atoms with Crippen LogP contribution < -0.4 is 10.6 Å². The van der Waals surface area contributed by atoms with Gasteiger partial charge < -0.3 is 20.6 Å². The summed E-state index contributed by atoms with van der Waals surface area (Å²) >= 11 is 0. The van der Waals surface area contributed by atoms with Gasteiger partial charge in [0.2, 0.25) is 11.8 Å². The number of aliphatic hydroxyl groups excluding tert-OH is 1. The Morgan fingerprint density at radius 1 is 1.19 bits per heavy atom. The minimum Gasteiger partial charge on any atom is -0.493 e. The average Bonchev–Trinajstić information content (AvgIpc) is 3.29. The second-order valence-corrected chi connectivity index (χ2v) is 13.6. The first kappa shape index (κ1) is 23.9. The zero-order chi connectivity index (χ0) is 25.6. The van der Waals surface area contributed by atoms with E-state index in [9.17, 15) is 9.90 Å². The lowest BCUT2D eigenvalue weighted by molar-refractivity contribution is -0.127. The molecule has 36 heavy (non-hydrogen) atoms. The van der Waals surface area contributed by atoms with Crippen LogP contribution in [-0.4, -0.2) is 28.1 Å². The van der Waals surface area contributed by atoms with Crippen LogP contribution in [0, 0.1) is 28.6 Å². The summed E-state index contributed by atoms with van der Waals surface area (Å²) in [5, 5.41) is 18.3. The van der Waals surface area contributed by atoms with Crippen molar-refractivity contribution >= 4 is 11.6 Å². The monoisotopic (exact) mass is 489 g/mol. The van der Waals surface area contributed by atoms with Crippen molar-refractivity contribution in [3.63, 3.8) is 0 Å². The number of hydrogen-bond donors (Lipinski definition) is 3. The third kappa shape index (κ3) is 3.10. The summed E-state index contributed by atoms with van der Waals surface area (Å²) < 4.78 is 0. The molecule has 5 aliphatic rings. The number of hydrogen-bond acceptors (Lipinski definition) is 4. The van der Waals surface area contributed by atoms with Crippen molar-refractivity contribution in [3.05, 3.63) is 53.6 Å². The van der Waals surface area contributed by atoms with Crippen molar-refractivity contribution in [1.29, 1.82) is 0 Å². The van der Waals surface area contributed by atoms with Crippen LogP contribution in [0.1, 0.15) is 85.1 Å². The SMILES string of the molecule is C=C1CC[C@H]2C(C)(C)CCC[C@]2(C)[C@H]1CC12CC3C(=O)NC(C(C)C)=C(O)N3C1Nc1ccccc12. The van der Waals surface area contributed by atoms with Crippen molar-refractivity contribution in [2.45, 2.75) is 97.2 Å². The van der Waals surface area contributed by atoms with Gasteiger partial charge in [-0.2, -0.15) is 0 Å². The second-order valence-electron chi connectivity index (χ2n) is 13.6. The molecule has 2 aliphatic carbocycles. The molecule has 0 radical (unpaired) electrons. The van der Waals surface area contributed by atoms with E-state index in [2.05, 4.69) is 62.2 Å². The van der Waals surface area contributed by atoms with Crippen LogP contribution >= 0.6 is 0 Å². The van der Waals surface area contributed by atoms with E-state index in [0.717, 1.165) is 18.5 Å². The fourth-order valence-electron chi connectivity index (χ4n) is 9.28. The van der Waals surface area contributed by atoms with E-state index in [1.165, 1.54) is 36.8 Å². The fraction of sp³-hybridized carbons (Fsp3) is 0.645. The van der Waals surface area contributed by atoms with Gasteiger partial charge in [-0.25, -0.2) is 0 Å². The average molecular weight is 490 g/mol. The molecule has 0 bridgehead atoms. The Labute approximate surface area is 216 Å². The summed E-state index contributed by atoms with van der Waals surface area (Å²) in [6.07, 6.45) is 7.68. The molecule has 1 amide bonds. The highest BCUT2D eigenvalue weighted by molar-refractivity contribution is 5.86. The van der Waals surface area contributed by atoms with E-state index in [1.807, 2.05) is 18.7 Å².